The minimum atomic E-state index is -0.0910. The molecule has 2 unspecified atom stereocenters. The molecule has 3 heteroatoms. The summed E-state index contributed by atoms with van der Waals surface area (Å²) in [5.74, 6) is 0. The Balaban J connectivity index is 1.86. The monoisotopic (exact) mass is 245 g/mol. The third-order valence-electron chi connectivity index (χ3n) is 3.75. The standard InChI is InChI=1S/C15H19NO2/c16-14(12-5-3-8-17-10-12)15-13-6-2-1-4-11(13)7-9-18-15/h1-2,4,6,10,14-15H,3,5,7-9,16H2. The number of ether oxygens (including phenoxy) is 2. The minimum Gasteiger partial charge on any atom is -0.501 e. The zero-order valence-electron chi connectivity index (χ0n) is 10.5. The maximum atomic E-state index is 6.36. The molecule has 3 rings (SSSR count). The molecule has 2 N–H and O–H groups in total. The zero-order chi connectivity index (χ0) is 12.4. The van der Waals surface area contributed by atoms with E-state index in [1.807, 2.05) is 6.26 Å². The van der Waals surface area contributed by atoms with E-state index in [1.54, 1.807) is 0 Å². The van der Waals surface area contributed by atoms with Crippen molar-refractivity contribution in [2.75, 3.05) is 13.2 Å². The maximum absolute atomic E-state index is 6.36. The van der Waals surface area contributed by atoms with Gasteiger partial charge in [0.05, 0.1) is 25.5 Å². The highest BCUT2D eigenvalue weighted by Gasteiger charge is 2.29. The van der Waals surface area contributed by atoms with Crippen LogP contribution >= 0.6 is 0 Å². The Kier molecular flexibility index (Phi) is 3.35. The molecule has 2 heterocycles. The molecule has 0 fully saturated rings. The Labute approximate surface area is 108 Å². The smallest absolute Gasteiger partial charge is 0.102 e. The van der Waals surface area contributed by atoms with Gasteiger partial charge < -0.3 is 15.2 Å². The Bertz CT molecular complexity index is 456. The fourth-order valence-corrected chi connectivity index (χ4v) is 2.75. The summed E-state index contributed by atoms with van der Waals surface area (Å²) in [4.78, 5) is 0. The minimum absolute atomic E-state index is 0.0251. The molecule has 0 saturated heterocycles. The van der Waals surface area contributed by atoms with Crippen LogP contribution in [0.5, 0.6) is 0 Å². The average molecular weight is 245 g/mol. The lowest BCUT2D eigenvalue weighted by Crippen LogP contribution is -2.36. The second-order valence-corrected chi connectivity index (χ2v) is 4.93. The average Bonchev–Trinajstić information content (AvgIpc) is 2.47. The highest BCUT2D eigenvalue weighted by Crippen LogP contribution is 2.33. The second kappa shape index (κ2) is 5.12. The number of rotatable bonds is 2. The molecule has 1 aromatic rings. The molecule has 96 valence electrons. The summed E-state index contributed by atoms with van der Waals surface area (Å²) in [6.07, 6.45) is 4.85. The van der Waals surface area contributed by atoms with Gasteiger partial charge in [-0.25, -0.2) is 0 Å². The highest BCUT2D eigenvalue weighted by atomic mass is 16.5. The molecule has 1 aromatic carbocycles. The molecule has 0 bridgehead atoms. The summed E-state index contributed by atoms with van der Waals surface area (Å²) < 4.78 is 11.3. The second-order valence-electron chi connectivity index (χ2n) is 4.93. The molecule has 2 aliphatic rings. The van der Waals surface area contributed by atoms with E-state index >= 15 is 0 Å². The molecule has 0 amide bonds. The molecule has 2 aliphatic heterocycles. The number of benzene rings is 1. The van der Waals surface area contributed by atoms with E-state index in [1.165, 1.54) is 16.7 Å². The van der Waals surface area contributed by atoms with Crippen molar-refractivity contribution in [3.63, 3.8) is 0 Å². The van der Waals surface area contributed by atoms with Gasteiger partial charge in [-0.05, 0) is 36.0 Å². The summed E-state index contributed by atoms with van der Waals surface area (Å²) in [5, 5.41) is 0. The molecule has 0 spiro atoms. The van der Waals surface area contributed by atoms with Crippen LogP contribution in [-0.2, 0) is 15.9 Å². The van der Waals surface area contributed by atoms with Crippen molar-refractivity contribution in [2.24, 2.45) is 5.73 Å². The molecular weight excluding hydrogens is 226 g/mol. The normalized spacial score (nSPS) is 24.7. The molecule has 0 saturated carbocycles. The van der Waals surface area contributed by atoms with Crippen molar-refractivity contribution in [1.29, 1.82) is 0 Å². The van der Waals surface area contributed by atoms with E-state index in [2.05, 4.69) is 24.3 Å². The topological polar surface area (TPSA) is 44.5 Å². The van der Waals surface area contributed by atoms with Crippen LogP contribution in [-0.4, -0.2) is 19.3 Å². The van der Waals surface area contributed by atoms with Gasteiger partial charge >= 0.3 is 0 Å². The predicted molar refractivity (Wildman–Crippen MR) is 70.1 cm³/mol. The summed E-state index contributed by atoms with van der Waals surface area (Å²) in [6, 6.07) is 8.34. The van der Waals surface area contributed by atoms with Gasteiger partial charge in [-0.2, -0.15) is 0 Å². The van der Waals surface area contributed by atoms with Crippen LogP contribution in [0.1, 0.15) is 30.1 Å². The first-order valence-electron chi connectivity index (χ1n) is 6.62. The van der Waals surface area contributed by atoms with Crippen LogP contribution in [0.15, 0.2) is 36.1 Å². The third-order valence-corrected chi connectivity index (χ3v) is 3.75. The molecule has 2 atom stereocenters. The van der Waals surface area contributed by atoms with Crippen LogP contribution < -0.4 is 5.73 Å². The van der Waals surface area contributed by atoms with Crippen molar-refractivity contribution in [3.8, 4) is 0 Å². The van der Waals surface area contributed by atoms with E-state index < -0.39 is 0 Å². The van der Waals surface area contributed by atoms with Gasteiger partial charge in [0, 0.05) is 0 Å². The first-order valence-corrected chi connectivity index (χ1v) is 6.62. The third kappa shape index (κ3) is 2.16. The van der Waals surface area contributed by atoms with Gasteiger partial charge in [0.25, 0.3) is 0 Å². The molecule has 18 heavy (non-hydrogen) atoms. The maximum Gasteiger partial charge on any atom is 0.102 e. The van der Waals surface area contributed by atoms with E-state index in [-0.39, 0.29) is 12.1 Å². The Morgan fingerprint density at radius 2 is 2.06 bits per heavy atom. The fourth-order valence-electron chi connectivity index (χ4n) is 2.75. The Morgan fingerprint density at radius 3 is 2.89 bits per heavy atom. The van der Waals surface area contributed by atoms with E-state index in [9.17, 15) is 0 Å². The van der Waals surface area contributed by atoms with Gasteiger partial charge in [-0.3, -0.25) is 0 Å². The lowest BCUT2D eigenvalue weighted by Gasteiger charge is -2.32. The summed E-state index contributed by atoms with van der Waals surface area (Å²) in [7, 11) is 0. The van der Waals surface area contributed by atoms with Gasteiger partial charge in [0.2, 0.25) is 0 Å². The number of nitrogens with two attached hydrogens (primary N) is 1. The quantitative estimate of drug-likeness (QED) is 0.869. The van der Waals surface area contributed by atoms with Crippen LogP contribution in [0.25, 0.3) is 0 Å². The van der Waals surface area contributed by atoms with E-state index in [0.717, 1.165) is 32.5 Å². The van der Waals surface area contributed by atoms with Gasteiger partial charge in [0.1, 0.15) is 6.10 Å². The number of fused-ring (bicyclic) bond motifs is 1. The number of hydrogen-bond acceptors (Lipinski definition) is 3. The van der Waals surface area contributed by atoms with Crippen molar-refractivity contribution >= 4 is 0 Å². The molecule has 0 aliphatic carbocycles. The first kappa shape index (κ1) is 11.8. The van der Waals surface area contributed by atoms with Crippen LogP contribution in [0.3, 0.4) is 0 Å². The molecule has 3 nitrogen and oxygen atoms in total. The van der Waals surface area contributed by atoms with E-state index in [0.29, 0.717) is 0 Å². The summed E-state index contributed by atoms with van der Waals surface area (Å²) >= 11 is 0. The van der Waals surface area contributed by atoms with Crippen LogP contribution in [0.2, 0.25) is 0 Å². The molecule has 0 radical (unpaired) electrons. The first-order chi connectivity index (χ1) is 8.86. The van der Waals surface area contributed by atoms with Gasteiger partial charge in [-0.15, -0.1) is 0 Å². The fraction of sp³-hybridized carbons (Fsp3) is 0.467. The van der Waals surface area contributed by atoms with Crippen molar-refractivity contribution in [3.05, 3.63) is 47.2 Å². The largest absolute Gasteiger partial charge is 0.501 e. The highest BCUT2D eigenvalue weighted by molar-refractivity contribution is 5.34. The SMILES string of the molecule is NC(C1=COCCC1)C1OCCc2ccccc21. The predicted octanol–water partition coefficient (Wildman–Crippen LogP) is 2.32. The lowest BCUT2D eigenvalue weighted by atomic mass is 9.89. The molecular formula is C15H19NO2. The number of hydrogen-bond donors (Lipinski definition) is 1. The zero-order valence-corrected chi connectivity index (χ0v) is 10.5. The van der Waals surface area contributed by atoms with Crippen LogP contribution in [0.4, 0.5) is 0 Å². The van der Waals surface area contributed by atoms with Crippen molar-refractivity contribution in [2.45, 2.75) is 31.4 Å². The van der Waals surface area contributed by atoms with Gasteiger partial charge in [-0.1, -0.05) is 24.3 Å². The van der Waals surface area contributed by atoms with Gasteiger partial charge in [0.15, 0.2) is 0 Å². The summed E-state index contributed by atoms with van der Waals surface area (Å²) in [6.45, 7) is 1.56. The molecule has 0 aromatic heterocycles. The lowest BCUT2D eigenvalue weighted by molar-refractivity contribution is 0.0294. The Morgan fingerprint density at radius 1 is 1.17 bits per heavy atom. The van der Waals surface area contributed by atoms with E-state index in [4.69, 9.17) is 15.2 Å². The van der Waals surface area contributed by atoms with Crippen molar-refractivity contribution < 1.29 is 9.47 Å². The summed E-state index contributed by atoms with van der Waals surface area (Å²) in [5.41, 5.74) is 10.1. The van der Waals surface area contributed by atoms with Crippen LogP contribution in [0, 0.1) is 0 Å². The Hall–Kier alpha value is -1.32. The van der Waals surface area contributed by atoms with Crippen molar-refractivity contribution in [1.82, 2.24) is 0 Å².